The number of aromatic nitrogens is 2. The molecule has 0 fully saturated rings. The van der Waals surface area contributed by atoms with Gasteiger partial charge in [0.15, 0.2) is 0 Å². The van der Waals surface area contributed by atoms with Crippen molar-refractivity contribution in [1.29, 1.82) is 0 Å². The minimum Gasteiger partial charge on any atom is -0.359 e. The molecule has 0 saturated heterocycles. The van der Waals surface area contributed by atoms with Crippen molar-refractivity contribution in [3.63, 3.8) is 0 Å². The van der Waals surface area contributed by atoms with Crippen LogP contribution < -0.4 is 4.90 Å². The van der Waals surface area contributed by atoms with Crippen LogP contribution in [-0.4, -0.2) is 23.6 Å². The normalized spacial score (nSPS) is 10.9. The molecule has 0 unspecified atom stereocenters. The number of nitrogens with zero attached hydrogens (tertiary/aromatic N) is 3. The molecule has 17 heavy (non-hydrogen) atoms. The van der Waals surface area contributed by atoms with Crippen LogP contribution in [-0.2, 0) is 0 Å². The number of halogens is 2. The van der Waals surface area contributed by atoms with Gasteiger partial charge in [-0.25, -0.2) is 4.98 Å². The largest absolute Gasteiger partial charge is 0.359 e. The van der Waals surface area contributed by atoms with Crippen LogP contribution in [0.25, 0.3) is 10.9 Å². The van der Waals surface area contributed by atoms with Crippen LogP contribution in [0.5, 0.6) is 0 Å². The monoisotopic (exact) mass is 313 g/mol. The highest BCUT2D eigenvalue weighted by Gasteiger charge is 2.12. The van der Waals surface area contributed by atoms with E-state index in [1.165, 1.54) is 0 Å². The molecule has 1 aromatic carbocycles. The van der Waals surface area contributed by atoms with Gasteiger partial charge in [-0.15, -0.1) is 0 Å². The molecule has 3 nitrogen and oxygen atoms in total. The molecule has 1 heterocycles. The van der Waals surface area contributed by atoms with Gasteiger partial charge in [-0.2, -0.15) is 4.98 Å². The molecule has 1 aromatic heterocycles. The molecule has 0 aliphatic rings. The van der Waals surface area contributed by atoms with Crippen molar-refractivity contribution in [2.75, 3.05) is 18.5 Å². The Hall–Kier alpha value is -0.870. The van der Waals surface area contributed by atoms with E-state index in [1.807, 2.05) is 26.1 Å². The number of benzene rings is 1. The molecule has 2 rings (SSSR count). The maximum absolute atomic E-state index is 5.98. The highest BCUT2D eigenvalue weighted by atomic mass is 79.9. The highest BCUT2D eigenvalue weighted by Crippen LogP contribution is 2.29. The molecule has 2 aromatic rings. The summed E-state index contributed by atoms with van der Waals surface area (Å²) in [6, 6.07) is 4.06. The molecule has 0 radical (unpaired) electrons. The van der Waals surface area contributed by atoms with Crippen LogP contribution in [0, 0.1) is 6.92 Å². The Morgan fingerprint density at radius 1 is 1.35 bits per heavy atom. The van der Waals surface area contributed by atoms with Crippen LogP contribution in [0.15, 0.2) is 16.6 Å². The average molecular weight is 315 g/mol. The van der Waals surface area contributed by atoms with Gasteiger partial charge in [0, 0.05) is 23.5 Å². The first-order valence-corrected chi connectivity index (χ1v) is 6.54. The third-order valence-electron chi connectivity index (χ3n) is 2.74. The number of rotatable bonds is 2. The summed E-state index contributed by atoms with van der Waals surface area (Å²) in [7, 11) is 1.99. The maximum atomic E-state index is 5.98. The third-order valence-corrected chi connectivity index (χ3v) is 3.37. The number of hydrogen-bond acceptors (Lipinski definition) is 3. The zero-order valence-corrected chi connectivity index (χ0v) is 12.3. The number of aryl methyl sites for hydroxylation is 1. The minimum atomic E-state index is 0.290. The Morgan fingerprint density at radius 2 is 2.06 bits per heavy atom. The number of fused-ring (bicyclic) bond motifs is 1. The molecular weight excluding hydrogens is 302 g/mol. The summed E-state index contributed by atoms with van der Waals surface area (Å²) in [5.74, 6) is 0.868. The molecule has 0 saturated carbocycles. The molecule has 5 heteroatoms. The summed E-state index contributed by atoms with van der Waals surface area (Å²) < 4.78 is 1.03. The van der Waals surface area contributed by atoms with E-state index in [4.69, 9.17) is 11.6 Å². The van der Waals surface area contributed by atoms with Crippen molar-refractivity contribution in [1.82, 2.24) is 9.97 Å². The average Bonchev–Trinajstić information content (AvgIpc) is 2.28. The lowest BCUT2D eigenvalue weighted by Gasteiger charge is -2.18. The van der Waals surface area contributed by atoms with Crippen molar-refractivity contribution >= 4 is 44.3 Å². The van der Waals surface area contributed by atoms with Gasteiger partial charge in [-0.05, 0) is 43.1 Å². The number of anilines is 1. The van der Waals surface area contributed by atoms with Gasteiger partial charge in [-0.3, -0.25) is 0 Å². The molecule has 0 N–H and O–H groups in total. The van der Waals surface area contributed by atoms with Crippen LogP contribution in [0.4, 0.5) is 5.82 Å². The molecule has 90 valence electrons. The lowest BCUT2D eigenvalue weighted by atomic mass is 10.1. The van der Waals surface area contributed by atoms with Crippen molar-refractivity contribution in [2.24, 2.45) is 0 Å². The molecule has 0 spiro atoms. The highest BCUT2D eigenvalue weighted by molar-refractivity contribution is 9.10. The van der Waals surface area contributed by atoms with Crippen molar-refractivity contribution < 1.29 is 0 Å². The lowest BCUT2D eigenvalue weighted by Crippen LogP contribution is -2.18. The second kappa shape index (κ2) is 4.78. The first-order chi connectivity index (χ1) is 8.02. The molecular formula is C12H13BrClN3. The van der Waals surface area contributed by atoms with Gasteiger partial charge in [0.1, 0.15) is 5.82 Å². The Balaban J connectivity index is 2.82. The van der Waals surface area contributed by atoms with E-state index in [0.29, 0.717) is 5.28 Å². The van der Waals surface area contributed by atoms with Gasteiger partial charge in [0.2, 0.25) is 5.28 Å². The van der Waals surface area contributed by atoms with Crippen LogP contribution in [0.1, 0.15) is 12.5 Å². The summed E-state index contributed by atoms with van der Waals surface area (Å²) in [5, 5.41) is 1.31. The van der Waals surface area contributed by atoms with Crippen LogP contribution in [0.3, 0.4) is 0 Å². The summed E-state index contributed by atoms with van der Waals surface area (Å²) >= 11 is 9.48. The zero-order valence-electron chi connectivity index (χ0n) is 9.96. The van der Waals surface area contributed by atoms with E-state index in [2.05, 4.69) is 37.7 Å². The van der Waals surface area contributed by atoms with Gasteiger partial charge >= 0.3 is 0 Å². The lowest BCUT2D eigenvalue weighted by molar-refractivity contribution is 0.940. The fourth-order valence-electron chi connectivity index (χ4n) is 1.76. The first kappa shape index (κ1) is 12.6. The van der Waals surface area contributed by atoms with Gasteiger partial charge in [0.05, 0.1) is 5.52 Å². The topological polar surface area (TPSA) is 29.0 Å². The second-order valence-electron chi connectivity index (χ2n) is 3.95. The van der Waals surface area contributed by atoms with E-state index in [9.17, 15) is 0 Å². The van der Waals surface area contributed by atoms with Crippen molar-refractivity contribution in [2.45, 2.75) is 13.8 Å². The SMILES string of the molecule is CCN(C)c1nc(Cl)nc2c(C)cc(Br)cc12. The van der Waals surface area contributed by atoms with Crippen LogP contribution >= 0.6 is 27.5 Å². The molecule has 0 aliphatic heterocycles. The zero-order chi connectivity index (χ0) is 12.6. The molecule has 0 atom stereocenters. The van der Waals surface area contributed by atoms with Crippen molar-refractivity contribution in [3.8, 4) is 0 Å². The Labute approximate surface area is 114 Å². The fraction of sp³-hybridized carbons (Fsp3) is 0.333. The summed E-state index contributed by atoms with van der Waals surface area (Å²) in [5.41, 5.74) is 1.99. The predicted molar refractivity (Wildman–Crippen MR) is 75.9 cm³/mol. The Bertz CT molecular complexity index is 571. The Morgan fingerprint density at radius 3 is 2.71 bits per heavy atom. The summed E-state index contributed by atoms with van der Waals surface area (Å²) in [4.78, 5) is 10.7. The van der Waals surface area contributed by atoms with Gasteiger partial charge in [0.25, 0.3) is 0 Å². The van der Waals surface area contributed by atoms with E-state index < -0.39 is 0 Å². The molecule has 0 aliphatic carbocycles. The molecule has 0 bridgehead atoms. The molecule has 0 amide bonds. The van der Waals surface area contributed by atoms with Crippen LogP contribution in [0.2, 0.25) is 5.28 Å². The van der Waals surface area contributed by atoms with E-state index in [0.717, 1.165) is 33.3 Å². The van der Waals surface area contributed by atoms with Crippen molar-refractivity contribution in [3.05, 3.63) is 27.5 Å². The second-order valence-corrected chi connectivity index (χ2v) is 5.20. The quantitative estimate of drug-likeness (QED) is 0.789. The van der Waals surface area contributed by atoms with E-state index in [1.54, 1.807) is 0 Å². The van der Waals surface area contributed by atoms with Gasteiger partial charge in [-0.1, -0.05) is 15.9 Å². The minimum absolute atomic E-state index is 0.290. The summed E-state index contributed by atoms with van der Waals surface area (Å²) in [6.45, 7) is 4.97. The first-order valence-electron chi connectivity index (χ1n) is 5.37. The Kier molecular flexibility index (Phi) is 3.54. The van der Waals surface area contributed by atoms with Gasteiger partial charge < -0.3 is 4.90 Å². The fourth-order valence-corrected chi connectivity index (χ4v) is 2.50. The standard InChI is InChI=1S/C12H13BrClN3/c1-4-17(3)11-9-6-8(13)5-7(2)10(9)15-12(14)16-11/h5-6H,4H2,1-3H3. The maximum Gasteiger partial charge on any atom is 0.224 e. The number of hydrogen-bond donors (Lipinski definition) is 0. The summed E-state index contributed by atoms with van der Waals surface area (Å²) in [6.07, 6.45) is 0. The van der Waals surface area contributed by atoms with E-state index in [-0.39, 0.29) is 0 Å². The third kappa shape index (κ3) is 2.38. The predicted octanol–water partition coefficient (Wildman–Crippen LogP) is 3.81. The smallest absolute Gasteiger partial charge is 0.224 e. The van der Waals surface area contributed by atoms with E-state index >= 15 is 0 Å².